The van der Waals surface area contributed by atoms with E-state index in [1.54, 1.807) is 0 Å². The summed E-state index contributed by atoms with van der Waals surface area (Å²) in [4.78, 5) is 26.9. The Balaban J connectivity index is 0.000000364. The summed E-state index contributed by atoms with van der Waals surface area (Å²) in [6, 6.07) is 12.8. The lowest BCUT2D eigenvalue weighted by Crippen LogP contribution is -2.23. The van der Waals surface area contributed by atoms with E-state index in [1.165, 1.54) is 28.5 Å². The van der Waals surface area contributed by atoms with Crippen molar-refractivity contribution in [3.05, 3.63) is 64.3 Å². The molecule has 186 valence electrons. The molecule has 0 amide bonds. The molecule has 9 heteroatoms. The van der Waals surface area contributed by atoms with Gasteiger partial charge in [0.15, 0.2) is 5.78 Å². The lowest BCUT2D eigenvalue weighted by Gasteiger charge is -2.28. The van der Waals surface area contributed by atoms with Crippen molar-refractivity contribution in [2.75, 3.05) is 0 Å². The maximum Gasteiger partial charge on any atom is 0.490 e. The van der Waals surface area contributed by atoms with E-state index >= 15 is 0 Å². The van der Waals surface area contributed by atoms with E-state index < -0.39 is 12.1 Å². The Hall–Kier alpha value is -2.78. The summed E-state index contributed by atoms with van der Waals surface area (Å²) in [6.45, 7) is 0.392. The fraction of sp³-hybridized carbons (Fsp3) is 0.423. The summed E-state index contributed by atoms with van der Waals surface area (Å²) >= 11 is 1.84. The van der Waals surface area contributed by atoms with Crippen LogP contribution in [0.15, 0.2) is 41.8 Å². The van der Waals surface area contributed by atoms with E-state index in [4.69, 9.17) is 15.6 Å². The first-order chi connectivity index (χ1) is 16.7. The number of hydrogen-bond donors (Lipinski definition) is 2. The number of carboxylic acids is 1. The number of nitrogens with zero attached hydrogens (tertiary/aromatic N) is 1. The number of alkyl halides is 3. The number of rotatable bonds is 5. The van der Waals surface area contributed by atoms with Crippen molar-refractivity contribution in [3.8, 4) is 0 Å². The van der Waals surface area contributed by atoms with Crippen molar-refractivity contribution in [1.82, 2.24) is 4.98 Å². The lowest BCUT2D eigenvalue weighted by atomic mass is 9.76. The molecule has 2 aliphatic rings. The van der Waals surface area contributed by atoms with Crippen molar-refractivity contribution >= 4 is 33.2 Å². The number of thiophene rings is 1. The van der Waals surface area contributed by atoms with Crippen LogP contribution in [0, 0.1) is 5.92 Å². The molecule has 2 saturated carbocycles. The fourth-order valence-corrected chi connectivity index (χ4v) is 5.76. The zero-order valence-corrected chi connectivity index (χ0v) is 19.9. The fourth-order valence-electron chi connectivity index (χ4n) is 4.72. The molecule has 35 heavy (non-hydrogen) atoms. The van der Waals surface area contributed by atoms with Crippen LogP contribution in [0.4, 0.5) is 13.2 Å². The molecule has 0 unspecified atom stereocenters. The minimum atomic E-state index is -5.08. The molecule has 5 nitrogen and oxygen atoms in total. The van der Waals surface area contributed by atoms with Crippen molar-refractivity contribution in [3.63, 3.8) is 0 Å². The smallest absolute Gasteiger partial charge is 0.475 e. The maximum absolute atomic E-state index is 13.3. The van der Waals surface area contributed by atoms with Crippen molar-refractivity contribution in [2.45, 2.75) is 63.1 Å². The molecular formula is C26H27F3N2O3S. The van der Waals surface area contributed by atoms with Gasteiger partial charge in [0.05, 0.1) is 5.69 Å². The van der Waals surface area contributed by atoms with Gasteiger partial charge < -0.3 is 10.8 Å². The first-order valence-corrected chi connectivity index (χ1v) is 12.6. The first-order valence-electron chi connectivity index (χ1n) is 11.7. The van der Waals surface area contributed by atoms with Gasteiger partial charge in [0, 0.05) is 17.2 Å². The van der Waals surface area contributed by atoms with E-state index in [-0.39, 0.29) is 11.7 Å². The summed E-state index contributed by atoms with van der Waals surface area (Å²) in [7, 11) is 0. The monoisotopic (exact) mass is 504 g/mol. The second-order valence-electron chi connectivity index (χ2n) is 9.12. The first kappa shape index (κ1) is 25.3. The molecule has 3 aromatic rings. The molecule has 0 radical (unpaired) electrons. The van der Waals surface area contributed by atoms with Crippen molar-refractivity contribution in [2.24, 2.45) is 11.7 Å². The normalized spacial score (nSPS) is 20.2. The van der Waals surface area contributed by atoms with Gasteiger partial charge in [-0.05, 0) is 84.4 Å². The predicted octanol–water partition coefficient (Wildman–Crippen LogP) is 6.42. The van der Waals surface area contributed by atoms with E-state index in [2.05, 4.69) is 40.7 Å². The predicted molar refractivity (Wildman–Crippen MR) is 129 cm³/mol. The summed E-state index contributed by atoms with van der Waals surface area (Å²) in [6.07, 6.45) is 1.39. The topological polar surface area (TPSA) is 93.3 Å². The van der Waals surface area contributed by atoms with Gasteiger partial charge in [0.25, 0.3) is 0 Å². The number of aliphatic carboxylic acids is 1. The van der Waals surface area contributed by atoms with Gasteiger partial charge in [-0.25, -0.2) is 9.78 Å². The molecule has 2 heterocycles. The summed E-state index contributed by atoms with van der Waals surface area (Å²) < 4.78 is 33.1. The van der Waals surface area contributed by atoms with Crippen LogP contribution >= 0.6 is 11.3 Å². The molecule has 0 spiro atoms. The number of fused-ring (bicyclic) bond motifs is 1. The third kappa shape index (κ3) is 5.90. The third-order valence-electron chi connectivity index (χ3n) is 6.74. The zero-order chi connectivity index (χ0) is 25.2. The van der Waals surface area contributed by atoms with E-state index in [0.717, 1.165) is 42.6 Å². The molecule has 3 N–H and O–H groups in total. The highest BCUT2D eigenvalue weighted by Gasteiger charge is 2.38. The number of carboxylic acid groups (broad SMARTS) is 1. The second-order valence-corrected chi connectivity index (χ2v) is 10.0. The largest absolute Gasteiger partial charge is 0.490 e. The van der Waals surface area contributed by atoms with Gasteiger partial charge in [-0.15, -0.1) is 11.3 Å². The van der Waals surface area contributed by atoms with Crippen LogP contribution in [0.5, 0.6) is 0 Å². The number of aromatic nitrogens is 1. The molecule has 2 aromatic heterocycles. The van der Waals surface area contributed by atoms with Crippen LogP contribution in [-0.2, 0) is 11.3 Å². The lowest BCUT2D eigenvalue weighted by molar-refractivity contribution is -0.192. The SMILES string of the molecule is NCc1ccc(C2CC2)c(C(=O)C2CCC(c3csc4ccccc34)CC2)n1.O=C(O)C(F)(F)F. The molecular weight excluding hydrogens is 477 g/mol. The van der Waals surface area contributed by atoms with Crippen molar-refractivity contribution in [1.29, 1.82) is 0 Å². The number of hydrogen-bond acceptors (Lipinski definition) is 5. The van der Waals surface area contributed by atoms with Crippen molar-refractivity contribution < 1.29 is 27.9 Å². The average Bonchev–Trinajstić information content (AvgIpc) is 3.61. The molecule has 0 aliphatic heterocycles. The minimum absolute atomic E-state index is 0.110. The van der Waals surface area contributed by atoms with Gasteiger partial charge in [0.2, 0.25) is 0 Å². The maximum atomic E-state index is 13.3. The molecule has 2 aliphatic carbocycles. The molecule has 0 saturated heterocycles. The van der Waals surface area contributed by atoms with Crippen LogP contribution in [0.1, 0.15) is 77.7 Å². The number of halogens is 3. The number of carbonyl (C=O) groups is 2. The number of ketones is 1. The Morgan fingerprint density at radius 3 is 2.17 bits per heavy atom. The van der Waals surface area contributed by atoms with Crippen LogP contribution in [0.25, 0.3) is 10.1 Å². The Morgan fingerprint density at radius 2 is 1.57 bits per heavy atom. The minimum Gasteiger partial charge on any atom is -0.475 e. The number of pyridine rings is 1. The van der Waals surface area contributed by atoms with Gasteiger partial charge in [0.1, 0.15) is 5.69 Å². The quantitative estimate of drug-likeness (QED) is 0.391. The summed E-state index contributed by atoms with van der Waals surface area (Å²) in [5.74, 6) is -1.28. The highest BCUT2D eigenvalue weighted by atomic mass is 32.1. The third-order valence-corrected chi connectivity index (χ3v) is 7.72. The molecule has 1 aromatic carbocycles. The number of Topliss-reactive ketones (excluding diaryl/α,β-unsaturated/α-hetero) is 1. The van der Waals surface area contributed by atoms with Crippen LogP contribution < -0.4 is 5.73 Å². The van der Waals surface area contributed by atoms with Crippen LogP contribution in [-0.4, -0.2) is 28.0 Å². The van der Waals surface area contributed by atoms with E-state index in [0.29, 0.717) is 18.4 Å². The summed E-state index contributed by atoms with van der Waals surface area (Å²) in [5, 5.41) is 10.9. The zero-order valence-electron chi connectivity index (χ0n) is 19.1. The molecule has 2 fully saturated rings. The molecule has 5 rings (SSSR count). The Bertz CT molecular complexity index is 1210. The number of benzene rings is 1. The second kappa shape index (κ2) is 10.5. The standard InChI is InChI=1S/C24H26N2OS.C2HF3O2/c25-13-18-11-12-19(15-5-6-15)23(26-18)24(27)17-9-7-16(8-10-17)21-14-28-22-4-2-1-3-20(21)22;3-2(4,5)1(6)7/h1-4,11-12,14-17H,5-10,13,25H2;(H,6,7). The molecule has 0 atom stereocenters. The van der Waals surface area contributed by atoms with E-state index in [1.807, 2.05) is 17.4 Å². The summed E-state index contributed by atoms with van der Waals surface area (Å²) in [5.41, 5.74) is 9.97. The van der Waals surface area contributed by atoms with Crippen LogP contribution in [0.3, 0.4) is 0 Å². The van der Waals surface area contributed by atoms with Crippen LogP contribution in [0.2, 0.25) is 0 Å². The number of nitrogens with two attached hydrogens (primary N) is 1. The average molecular weight is 505 g/mol. The highest BCUT2D eigenvalue weighted by molar-refractivity contribution is 7.17. The number of carbonyl (C=O) groups excluding carboxylic acids is 1. The van der Waals surface area contributed by atoms with Gasteiger partial charge in [-0.3, -0.25) is 4.79 Å². The van der Waals surface area contributed by atoms with Gasteiger partial charge in [-0.2, -0.15) is 13.2 Å². The molecule has 0 bridgehead atoms. The Kier molecular flexibility index (Phi) is 7.56. The van der Waals surface area contributed by atoms with Gasteiger partial charge >= 0.3 is 12.1 Å². The van der Waals surface area contributed by atoms with Gasteiger partial charge in [-0.1, -0.05) is 24.3 Å². The van der Waals surface area contributed by atoms with E-state index in [9.17, 15) is 18.0 Å². The highest BCUT2D eigenvalue weighted by Crippen LogP contribution is 2.44. The Labute approximate surface area is 205 Å². The Morgan fingerprint density at radius 1 is 0.971 bits per heavy atom.